The maximum absolute atomic E-state index is 5.69. The fourth-order valence-electron chi connectivity index (χ4n) is 2.48. The van der Waals surface area contributed by atoms with Crippen molar-refractivity contribution in [3.63, 3.8) is 0 Å². The fourth-order valence-corrected chi connectivity index (χ4v) is 3.00. The highest BCUT2D eigenvalue weighted by Crippen LogP contribution is 2.35. The smallest absolute Gasteiger partial charge is 0.0444 e. The van der Waals surface area contributed by atoms with E-state index in [0.29, 0.717) is 6.54 Å². The number of anilines is 2. The Morgan fingerprint density at radius 3 is 2.78 bits per heavy atom. The second-order valence-corrected chi connectivity index (χ2v) is 5.36. The molecule has 0 atom stereocenters. The molecule has 92 valence electrons. The first-order chi connectivity index (χ1) is 8.79. The molecule has 2 aromatic carbocycles. The van der Waals surface area contributed by atoms with Gasteiger partial charge < -0.3 is 10.6 Å². The van der Waals surface area contributed by atoms with E-state index in [2.05, 4.69) is 63.3 Å². The zero-order valence-corrected chi connectivity index (χ0v) is 11.7. The second-order valence-electron chi connectivity index (χ2n) is 4.51. The summed E-state index contributed by atoms with van der Waals surface area (Å²) in [4.78, 5) is 2.36. The first-order valence-corrected chi connectivity index (χ1v) is 6.93. The van der Waals surface area contributed by atoms with Gasteiger partial charge in [-0.1, -0.05) is 40.2 Å². The third-order valence-corrected chi connectivity index (χ3v) is 4.19. The van der Waals surface area contributed by atoms with Crippen molar-refractivity contribution in [1.29, 1.82) is 0 Å². The van der Waals surface area contributed by atoms with E-state index < -0.39 is 0 Å². The Labute approximate surface area is 116 Å². The van der Waals surface area contributed by atoms with Crippen LogP contribution >= 0.6 is 15.9 Å². The van der Waals surface area contributed by atoms with Crippen LogP contribution in [0.2, 0.25) is 0 Å². The largest absolute Gasteiger partial charge is 0.341 e. The average molecular weight is 303 g/mol. The third-order valence-electron chi connectivity index (χ3n) is 3.46. The molecule has 0 aliphatic carbocycles. The minimum atomic E-state index is 0.567. The van der Waals surface area contributed by atoms with Crippen molar-refractivity contribution in [3.05, 3.63) is 58.1 Å². The van der Waals surface area contributed by atoms with Gasteiger partial charge in [-0.3, -0.25) is 0 Å². The topological polar surface area (TPSA) is 29.3 Å². The summed E-state index contributed by atoms with van der Waals surface area (Å²) in [6.45, 7) is 1.62. The molecule has 0 fully saturated rings. The zero-order chi connectivity index (χ0) is 12.5. The van der Waals surface area contributed by atoms with Gasteiger partial charge in [0.1, 0.15) is 0 Å². The van der Waals surface area contributed by atoms with Gasteiger partial charge in [-0.15, -0.1) is 0 Å². The molecule has 2 nitrogen and oxygen atoms in total. The van der Waals surface area contributed by atoms with Crippen LogP contribution in [0.4, 0.5) is 11.4 Å². The maximum atomic E-state index is 5.69. The van der Waals surface area contributed by atoms with Gasteiger partial charge in [0.25, 0.3) is 0 Å². The molecule has 1 heterocycles. The van der Waals surface area contributed by atoms with Crippen molar-refractivity contribution in [2.24, 2.45) is 5.73 Å². The van der Waals surface area contributed by atoms with Crippen LogP contribution in [0.3, 0.4) is 0 Å². The van der Waals surface area contributed by atoms with Crippen LogP contribution < -0.4 is 10.6 Å². The van der Waals surface area contributed by atoms with Crippen molar-refractivity contribution in [3.8, 4) is 0 Å². The number of halogens is 1. The van der Waals surface area contributed by atoms with E-state index in [1.165, 1.54) is 16.9 Å². The monoisotopic (exact) mass is 302 g/mol. The lowest BCUT2D eigenvalue weighted by molar-refractivity contribution is 0.993. The highest BCUT2D eigenvalue weighted by molar-refractivity contribution is 9.10. The van der Waals surface area contributed by atoms with Gasteiger partial charge >= 0.3 is 0 Å². The minimum absolute atomic E-state index is 0.567. The van der Waals surface area contributed by atoms with Crippen LogP contribution in [0.1, 0.15) is 11.1 Å². The molecule has 0 radical (unpaired) electrons. The Bertz CT molecular complexity index is 580. The Morgan fingerprint density at radius 1 is 1.17 bits per heavy atom. The van der Waals surface area contributed by atoms with Crippen LogP contribution in [0.25, 0.3) is 0 Å². The van der Waals surface area contributed by atoms with Gasteiger partial charge in [-0.05, 0) is 35.7 Å². The SMILES string of the molecule is NCc1ccc(N2CCc3ccccc32)cc1Br. The number of nitrogens with zero attached hydrogens (tertiary/aromatic N) is 1. The molecule has 3 heteroatoms. The average Bonchev–Trinajstić information content (AvgIpc) is 2.82. The first kappa shape index (κ1) is 11.8. The molecule has 1 aliphatic rings. The molecule has 0 saturated heterocycles. The molecule has 2 N–H and O–H groups in total. The lowest BCUT2D eigenvalue weighted by Crippen LogP contribution is -2.13. The molecular formula is C15H15BrN2. The molecule has 18 heavy (non-hydrogen) atoms. The van der Waals surface area contributed by atoms with Crippen LogP contribution in [0.15, 0.2) is 46.9 Å². The van der Waals surface area contributed by atoms with Gasteiger partial charge in [0, 0.05) is 28.9 Å². The van der Waals surface area contributed by atoms with Gasteiger partial charge in [0.15, 0.2) is 0 Å². The number of rotatable bonds is 2. The van der Waals surface area contributed by atoms with Crippen LogP contribution in [0.5, 0.6) is 0 Å². The van der Waals surface area contributed by atoms with Crippen molar-refractivity contribution < 1.29 is 0 Å². The van der Waals surface area contributed by atoms with E-state index in [1.54, 1.807) is 0 Å². The van der Waals surface area contributed by atoms with Gasteiger partial charge in [0.05, 0.1) is 0 Å². The van der Waals surface area contributed by atoms with E-state index in [4.69, 9.17) is 5.73 Å². The summed E-state index contributed by atoms with van der Waals surface area (Å²) in [6.07, 6.45) is 1.12. The molecule has 0 spiro atoms. The lowest BCUT2D eigenvalue weighted by atomic mass is 10.1. The minimum Gasteiger partial charge on any atom is -0.341 e. The Balaban J connectivity index is 2.00. The summed E-state index contributed by atoms with van der Waals surface area (Å²) in [5.41, 5.74) is 10.8. The van der Waals surface area contributed by atoms with E-state index in [-0.39, 0.29) is 0 Å². The summed E-state index contributed by atoms with van der Waals surface area (Å²) in [7, 11) is 0. The third kappa shape index (κ3) is 1.93. The predicted octanol–water partition coefficient (Wildman–Crippen LogP) is 3.60. The van der Waals surface area contributed by atoms with Gasteiger partial charge in [-0.25, -0.2) is 0 Å². The van der Waals surface area contributed by atoms with Crippen LogP contribution in [-0.4, -0.2) is 6.54 Å². The van der Waals surface area contributed by atoms with Crippen LogP contribution in [0, 0.1) is 0 Å². The number of para-hydroxylation sites is 1. The Morgan fingerprint density at radius 2 is 2.00 bits per heavy atom. The molecule has 2 aromatic rings. The molecule has 0 amide bonds. The number of nitrogens with two attached hydrogens (primary N) is 1. The van der Waals surface area contributed by atoms with Gasteiger partial charge in [0.2, 0.25) is 0 Å². The number of benzene rings is 2. The van der Waals surface area contributed by atoms with E-state index in [9.17, 15) is 0 Å². The summed E-state index contributed by atoms with van der Waals surface area (Å²) in [5.74, 6) is 0. The quantitative estimate of drug-likeness (QED) is 0.918. The summed E-state index contributed by atoms with van der Waals surface area (Å²) < 4.78 is 1.09. The Hall–Kier alpha value is -1.32. The second kappa shape index (κ2) is 4.75. The molecule has 0 unspecified atom stereocenters. The van der Waals surface area contributed by atoms with Gasteiger partial charge in [-0.2, -0.15) is 0 Å². The zero-order valence-electron chi connectivity index (χ0n) is 10.1. The summed E-state index contributed by atoms with van der Waals surface area (Å²) >= 11 is 3.59. The summed E-state index contributed by atoms with van der Waals surface area (Å²) in [5, 5.41) is 0. The molecule has 0 aromatic heterocycles. The van der Waals surface area contributed by atoms with E-state index in [1.807, 2.05) is 0 Å². The molecular weight excluding hydrogens is 288 g/mol. The standard InChI is InChI=1S/C15H15BrN2/c16-14-9-13(6-5-12(14)10-17)18-8-7-11-3-1-2-4-15(11)18/h1-6,9H,7-8,10,17H2. The van der Waals surface area contributed by atoms with Crippen molar-refractivity contribution in [2.75, 3.05) is 11.4 Å². The highest BCUT2D eigenvalue weighted by Gasteiger charge is 2.19. The van der Waals surface area contributed by atoms with Crippen LogP contribution in [-0.2, 0) is 13.0 Å². The molecule has 0 bridgehead atoms. The predicted molar refractivity (Wildman–Crippen MR) is 79.2 cm³/mol. The number of hydrogen-bond acceptors (Lipinski definition) is 2. The fraction of sp³-hybridized carbons (Fsp3) is 0.200. The highest BCUT2D eigenvalue weighted by atomic mass is 79.9. The normalized spacial score (nSPS) is 13.8. The Kier molecular flexibility index (Phi) is 3.10. The number of hydrogen-bond donors (Lipinski definition) is 1. The molecule has 3 rings (SSSR count). The molecule has 0 saturated carbocycles. The van der Waals surface area contributed by atoms with Crippen molar-refractivity contribution in [1.82, 2.24) is 0 Å². The first-order valence-electron chi connectivity index (χ1n) is 6.13. The lowest BCUT2D eigenvalue weighted by Gasteiger charge is -2.20. The van der Waals surface area contributed by atoms with Crippen molar-refractivity contribution in [2.45, 2.75) is 13.0 Å². The van der Waals surface area contributed by atoms with Crippen molar-refractivity contribution >= 4 is 27.3 Å². The molecule has 1 aliphatic heterocycles. The maximum Gasteiger partial charge on any atom is 0.0444 e. The van der Waals surface area contributed by atoms with E-state index in [0.717, 1.165) is 23.0 Å². The summed E-state index contributed by atoms with van der Waals surface area (Å²) in [6, 6.07) is 15.0. The van der Waals surface area contributed by atoms with E-state index >= 15 is 0 Å². The number of fused-ring (bicyclic) bond motifs is 1.